The van der Waals surface area contributed by atoms with Gasteiger partial charge in [-0.2, -0.15) is 11.3 Å². The van der Waals surface area contributed by atoms with E-state index in [2.05, 4.69) is 4.98 Å². The van der Waals surface area contributed by atoms with E-state index in [1.54, 1.807) is 27.7 Å². The van der Waals surface area contributed by atoms with Gasteiger partial charge in [0.25, 0.3) is 0 Å². The minimum absolute atomic E-state index is 0.0584. The van der Waals surface area contributed by atoms with Crippen LogP contribution < -0.4 is 4.90 Å². The molecule has 138 valence electrons. The number of carbonyl (C=O) groups excluding carboxylic acids is 2. The quantitative estimate of drug-likeness (QED) is 0.435. The van der Waals surface area contributed by atoms with Crippen LogP contribution in [-0.2, 0) is 20.9 Å². The number of hydrogen-bond donors (Lipinski definition) is 0. The van der Waals surface area contributed by atoms with E-state index in [1.807, 2.05) is 48.0 Å². The predicted molar refractivity (Wildman–Crippen MR) is 109 cm³/mol. The van der Waals surface area contributed by atoms with Crippen LogP contribution in [0.2, 0.25) is 0 Å². The second-order valence-electron chi connectivity index (χ2n) is 5.81. The van der Waals surface area contributed by atoms with E-state index in [-0.39, 0.29) is 12.5 Å². The fourth-order valence-corrected chi connectivity index (χ4v) is 3.89. The molecule has 0 saturated carbocycles. The molecule has 27 heavy (non-hydrogen) atoms. The highest BCUT2D eigenvalue weighted by molar-refractivity contribution is 7.14. The van der Waals surface area contributed by atoms with Crippen molar-refractivity contribution in [2.75, 3.05) is 4.90 Å². The Kier molecular flexibility index (Phi) is 6.16. The predicted octanol–water partition coefficient (Wildman–Crippen LogP) is 4.95. The summed E-state index contributed by atoms with van der Waals surface area (Å²) < 4.78 is 5.22. The minimum Gasteiger partial charge on any atom is -0.456 e. The van der Waals surface area contributed by atoms with Crippen LogP contribution in [0.15, 0.2) is 52.5 Å². The molecule has 0 N–H and O–H groups in total. The van der Waals surface area contributed by atoms with Crippen molar-refractivity contribution in [1.82, 2.24) is 4.98 Å². The Balaban J connectivity index is 1.66. The summed E-state index contributed by atoms with van der Waals surface area (Å²) in [6.45, 7) is 3.53. The van der Waals surface area contributed by atoms with Gasteiger partial charge in [0.2, 0.25) is 5.91 Å². The van der Waals surface area contributed by atoms with E-state index in [9.17, 15) is 9.59 Å². The van der Waals surface area contributed by atoms with E-state index >= 15 is 0 Å². The Morgan fingerprint density at radius 1 is 1.26 bits per heavy atom. The number of nitrogens with zero attached hydrogens (tertiary/aromatic N) is 2. The third-order valence-corrected chi connectivity index (χ3v) is 5.20. The van der Waals surface area contributed by atoms with Crippen molar-refractivity contribution in [1.29, 1.82) is 0 Å². The monoisotopic (exact) mass is 398 g/mol. The van der Waals surface area contributed by atoms with Crippen molar-refractivity contribution < 1.29 is 14.3 Å². The van der Waals surface area contributed by atoms with Crippen LogP contribution in [-0.4, -0.2) is 16.9 Å². The number of rotatable bonds is 6. The number of esters is 1. The normalized spacial score (nSPS) is 10.9. The molecular formula is C20H18N2O3S2. The molecule has 0 aliphatic heterocycles. The lowest BCUT2D eigenvalue weighted by Gasteiger charge is -2.18. The Morgan fingerprint density at radius 3 is 2.81 bits per heavy atom. The topological polar surface area (TPSA) is 59.5 Å². The molecule has 1 aromatic carbocycles. The lowest BCUT2D eigenvalue weighted by Crippen LogP contribution is -2.22. The number of ether oxygens (including phenoxy) is 1. The summed E-state index contributed by atoms with van der Waals surface area (Å²) in [5.74, 6) is -0.560. The van der Waals surface area contributed by atoms with Gasteiger partial charge in [0.05, 0.1) is 11.4 Å². The number of anilines is 2. The molecule has 3 aromatic rings. The van der Waals surface area contributed by atoms with Crippen molar-refractivity contribution in [3.63, 3.8) is 0 Å². The lowest BCUT2D eigenvalue weighted by molar-refractivity contribution is -0.139. The maximum absolute atomic E-state index is 12.1. The molecule has 0 radical (unpaired) electrons. The number of thiazole rings is 1. The number of aromatic nitrogens is 1. The van der Waals surface area contributed by atoms with E-state index < -0.39 is 5.97 Å². The zero-order valence-corrected chi connectivity index (χ0v) is 16.5. The summed E-state index contributed by atoms with van der Waals surface area (Å²) in [7, 11) is 0. The zero-order valence-electron chi connectivity index (χ0n) is 14.9. The SMILES string of the molecule is CC(=O)N(c1cccc(C)c1)c1nc(COC(=O)/C=C/c2ccsc2)cs1. The van der Waals surface area contributed by atoms with Crippen molar-refractivity contribution in [3.05, 3.63) is 69.4 Å². The van der Waals surface area contributed by atoms with Gasteiger partial charge in [0.1, 0.15) is 6.61 Å². The Labute approximate surface area is 165 Å². The van der Waals surface area contributed by atoms with Crippen LogP contribution in [0.25, 0.3) is 6.08 Å². The zero-order chi connectivity index (χ0) is 19.2. The van der Waals surface area contributed by atoms with Crippen LogP contribution >= 0.6 is 22.7 Å². The molecule has 2 heterocycles. The largest absolute Gasteiger partial charge is 0.456 e. The third-order valence-electron chi connectivity index (χ3n) is 3.62. The number of carbonyl (C=O) groups is 2. The molecule has 0 fully saturated rings. The molecule has 0 bridgehead atoms. The maximum Gasteiger partial charge on any atom is 0.331 e. The summed E-state index contributed by atoms with van der Waals surface area (Å²) in [5, 5.41) is 6.22. The molecular weight excluding hydrogens is 380 g/mol. The van der Waals surface area contributed by atoms with Crippen LogP contribution in [0, 0.1) is 6.92 Å². The van der Waals surface area contributed by atoms with Gasteiger partial charge < -0.3 is 4.74 Å². The van der Waals surface area contributed by atoms with Crippen molar-refractivity contribution in [3.8, 4) is 0 Å². The van der Waals surface area contributed by atoms with Gasteiger partial charge in [-0.05, 0) is 53.1 Å². The van der Waals surface area contributed by atoms with Crippen LogP contribution in [0.5, 0.6) is 0 Å². The molecule has 0 saturated heterocycles. The number of hydrogen-bond acceptors (Lipinski definition) is 6. The van der Waals surface area contributed by atoms with E-state index in [0.29, 0.717) is 10.8 Å². The Morgan fingerprint density at radius 2 is 2.11 bits per heavy atom. The minimum atomic E-state index is -0.433. The van der Waals surface area contributed by atoms with Crippen LogP contribution in [0.4, 0.5) is 10.8 Å². The average Bonchev–Trinajstić information content (AvgIpc) is 3.30. The highest BCUT2D eigenvalue weighted by atomic mass is 32.1. The fourth-order valence-electron chi connectivity index (χ4n) is 2.39. The Hall–Kier alpha value is -2.77. The van der Waals surface area contributed by atoms with Gasteiger partial charge in [-0.25, -0.2) is 9.78 Å². The van der Waals surface area contributed by atoms with Gasteiger partial charge in [0, 0.05) is 18.4 Å². The van der Waals surface area contributed by atoms with E-state index in [1.165, 1.54) is 24.3 Å². The first-order valence-electron chi connectivity index (χ1n) is 8.22. The molecule has 0 spiro atoms. The average molecular weight is 399 g/mol. The smallest absolute Gasteiger partial charge is 0.331 e. The third kappa shape index (κ3) is 5.12. The molecule has 1 amide bonds. The fraction of sp³-hybridized carbons (Fsp3) is 0.150. The molecule has 2 aromatic heterocycles. The summed E-state index contributed by atoms with van der Waals surface area (Å²) in [6.07, 6.45) is 3.10. The number of amides is 1. The highest BCUT2D eigenvalue weighted by Gasteiger charge is 2.18. The second-order valence-corrected chi connectivity index (χ2v) is 7.43. The molecule has 0 unspecified atom stereocenters. The summed E-state index contributed by atoms with van der Waals surface area (Å²) in [4.78, 5) is 30.0. The van der Waals surface area contributed by atoms with Crippen molar-refractivity contribution >= 4 is 51.4 Å². The van der Waals surface area contributed by atoms with Gasteiger partial charge in [0.15, 0.2) is 5.13 Å². The molecule has 0 atom stereocenters. The molecule has 5 nitrogen and oxygen atoms in total. The first-order valence-corrected chi connectivity index (χ1v) is 10.0. The summed E-state index contributed by atoms with van der Waals surface area (Å²) >= 11 is 2.90. The number of aryl methyl sites for hydroxylation is 1. The van der Waals surface area contributed by atoms with E-state index in [0.717, 1.165) is 16.8 Å². The Bertz CT molecular complexity index is 961. The molecule has 7 heteroatoms. The van der Waals surface area contributed by atoms with Crippen molar-refractivity contribution in [2.45, 2.75) is 20.5 Å². The number of benzene rings is 1. The van der Waals surface area contributed by atoms with Gasteiger partial charge in [-0.3, -0.25) is 9.69 Å². The standard InChI is InChI=1S/C20H18N2O3S2/c1-14-4-3-5-18(10-14)22(15(2)23)20-21-17(13-27-20)11-25-19(24)7-6-16-8-9-26-12-16/h3-10,12-13H,11H2,1-2H3/b7-6+. The van der Waals surface area contributed by atoms with Gasteiger partial charge >= 0.3 is 5.97 Å². The molecule has 0 aliphatic carbocycles. The van der Waals surface area contributed by atoms with E-state index in [4.69, 9.17) is 4.74 Å². The highest BCUT2D eigenvalue weighted by Crippen LogP contribution is 2.29. The first-order chi connectivity index (χ1) is 13.0. The van der Waals surface area contributed by atoms with Crippen LogP contribution in [0.1, 0.15) is 23.7 Å². The summed E-state index contributed by atoms with van der Waals surface area (Å²) in [6, 6.07) is 9.58. The maximum atomic E-state index is 12.1. The summed E-state index contributed by atoms with van der Waals surface area (Å²) in [5.41, 5.74) is 3.38. The molecule has 3 rings (SSSR count). The van der Waals surface area contributed by atoms with Gasteiger partial charge in [-0.1, -0.05) is 12.1 Å². The van der Waals surface area contributed by atoms with Gasteiger partial charge in [-0.15, -0.1) is 11.3 Å². The lowest BCUT2D eigenvalue weighted by atomic mass is 10.2. The van der Waals surface area contributed by atoms with Crippen molar-refractivity contribution in [2.24, 2.45) is 0 Å². The first kappa shape index (κ1) is 19.0. The molecule has 0 aliphatic rings. The second kappa shape index (κ2) is 8.75. The van der Waals surface area contributed by atoms with Crippen LogP contribution in [0.3, 0.4) is 0 Å². The number of thiophene rings is 1.